The van der Waals surface area contributed by atoms with Gasteiger partial charge in [0.2, 0.25) is 5.91 Å². The number of aryl methyl sites for hydroxylation is 2. The van der Waals surface area contributed by atoms with Gasteiger partial charge in [0.1, 0.15) is 0 Å². The number of rotatable bonds is 5. The maximum atomic E-state index is 12.6. The van der Waals surface area contributed by atoms with Gasteiger partial charge in [-0.1, -0.05) is 30.3 Å². The van der Waals surface area contributed by atoms with Gasteiger partial charge in [-0.15, -0.1) is 0 Å². The van der Waals surface area contributed by atoms with Gasteiger partial charge in [-0.05, 0) is 32.3 Å². The lowest BCUT2D eigenvalue weighted by molar-refractivity contribution is -0.121. The molecular weight excluding hydrogens is 314 g/mol. The van der Waals surface area contributed by atoms with Gasteiger partial charge in [0.25, 0.3) is 0 Å². The third-order valence-electron chi connectivity index (χ3n) is 5.46. The van der Waals surface area contributed by atoms with E-state index < -0.39 is 0 Å². The Bertz CT molecular complexity index is 731. The van der Waals surface area contributed by atoms with Gasteiger partial charge < -0.3 is 10.1 Å². The van der Waals surface area contributed by atoms with Crippen LogP contribution in [-0.4, -0.2) is 35.4 Å². The van der Waals surface area contributed by atoms with Crippen LogP contribution in [0, 0.1) is 13.8 Å². The second-order valence-electron chi connectivity index (χ2n) is 6.99. The molecule has 3 rings (SSSR count). The molecule has 1 aromatic heterocycles. The lowest BCUT2D eigenvalue weighted by atomic mass is 9.74. The Morgan fingerprint density at radius 2 is 1.92 bits per heavy atom. The Hall–Kier alpha value is -2.14. The molecule has 25 heavy (non-hydrogen) atoms. The van der Waals surface area contributed by atoms with Gasteiger partial charge >= 0.3 is 0 Å². The van der Waals surface area contributed by atoms with Crippen molar-refractivity contribution in [3.63, 3.8) is 0 Å². The molecule has 5 nitrogen and oxygen atoms in total. The number of nitrogens with one attached hydrogen (secondary N) is 1. The molecule has 0 aliphatic carbocycles. The number of amides is 1. The van der Waals surface area contributed by atoms with Crippen LogP contribution in [0.2, 0.25) is 0 Å². The fourth-order valence-electron chi connectivity index (χ4n) is 3.69. The summed E-state index contributed by atoms with van der Waals surface area (Å²) >= 11 is 0. The minimum Gasteiger partial charge on any atom is -0.381 e. The highest BCUT2D eigenvalue weighted by molar-refractivity contribution is 5.79. The van der Waals surface area contributed by atoms with Crippen molar-refractivity contribution in [2.24, 2.45) is 7.05 Å². The van der Waals surface area contributed by atoms with Crippen molar-refractivity contribution in [3.8, 4) is 0 Å². The largest absolute Gasteiger partial charge is 0.381 e. The zero-order chi connectivity index (χ0) is 17.9. The molecule has 0 radical (unpaired) electrons. The van der Waals surface area contributed by atoms with E-state index >= 15 is 0 Å². The molecule has 0 atom stereocenters. The summed E-state index contributed by atoms with van der Waals surface area (Å²) in [5.74, 6) is 0.0565. The Morgan fingerprint density at radius 1 is 1.24 bits per heavy atom. The van der Waals surface area contributed by atoms with Crippen LogP contribution in [0.5, 0.6) is 0 Å². The Balaban J connectivity index is 1.70. The predicted molar refractivity (Wildman–Crippen MR) is 97.6 cm³/mol. The van der Waals surface area contributed by atoms with Crippen molar-refractivity contribution >= 4 is 5.91 Å². The van der Waals surface area contributed by atoms with E-state index in [9.17, 15) is 4.79 Å². The predicted octanol–water partition coefficient (Wildman–Crippen LogP) is 2.44. The summed E-state index contributed by atoms with van der Waals surface area (Å²) in [6, 6.07) is 10.5. The van der Waals surface area contributed by atoms with Crippen LogP contribution in [0.25, 0.3) is 0 Å². The molecule has 1 aromatic carbocycles. The van der Waals surface area contributed by atoms with Gasteiger partial charge in [-0.2, -0.15) is 5.10 Å². The molecule has 1 saturated heterocycles. The lowest BCUT2D eigenvalue weighted by Gasteiger charge is -2.38. The normalized spacial score (nSPS) is 16.6. The van der Waals surface area contributed by atoms with E-state index in [0.717, 1.165) is 43.0 Å². The SMILES string of the molecule is Cc1nn(C)c(C)c1CC(=O)NCC1(c2ccccc2)CCOCC1. The van der Waals surface area contributed by atoms with Gasteiger partial charge in [0.05, 0.1) is 12.1 Å². The summed E-state index contributed by atoms with van der Waals surface area (Å²) in [6.45, 7) is 6.10. The standard InChI is InChI=1S/C20H27N3O2/c1-15-18(16(2)23(3)22-15)13-19(24)21-14-20(9-11-25-12-10-20)17-7-5-4-6-8-17/h4-8H,9-14H2,1-3H3,(H,21,24). The number of ether oxygens (including phenoxy) is 1. The molecule has 2 aromatic rings. The average Bonchev–Trinajstić information content (AvgIpc) is 2.88. The van der Waals surface area contributed by atoms with Gasteiger partial charge in [-0.25, -0.2) is 0 Å². The fourth-order valence-corrected chi connectivity index (χ4v) is 3.69. The molecule has 1 fully saturated rings. The van der Waals surface area contributed by atoms with Crippen LogP contribution < -0.4 is 5.32 Å². The second-order valence-corrected chi connectivity index (χ2v) is 6.99. The zero-order valence-corrected chi connectivity index (χ0v) is 15.3. The monoisotopic (exact) mass is 341 g/mol. The number of hydrogen-bond donors (Lipinski definition) is 1. The molecule has 1 N–H and O–H groups in total. The summed E-state index contributed by atoms with van der Waals surface area (Å²) in [4.78, 5) is 12.6. The highest BCUT2D eigenvalue weighted by Gasteiger charge is 2.34. The molecule has 1 aliphatic heterocycles. The molecule has 1 amide bonds. The van der Waals surface area contributed by atoms with Gasteiger partial charge in [0.15, 0.2) is 0 Å². The minimum absolute atomic E-state index is 0.0335. The fraction of sp³-hybridized carbons (Fsp3) is 0.500. The van der Waals surface area contributed by atoms with E-state index in [4.69, 9.17) is 4.74 Å². The number of benzene rings is 1. The Labute approximate surface area is 149 Å². The summed E-state index contributed by atoms with van der Waals surface area (Å²) < 4.78 is 7.39. The smallest absolute Gasteiger partial charge is 0.224 e. The lowest BCUT2D eigenvalue weighted by Crippen LogP contribution is -2.45. The van der Waals surface area contributed by atoms with E-state index in [0.29, 0.717) is 13.0 Å². The molecule has 134 valence electrons. The van der Waals surface area contributed by atoms with E-state index in [1.165, 1.54) is 5.56 Å². The first-order valence-electron chi connectivity index (χ1n) is 8.91. The maximum Gasteiger partial charge on any atom is 0.224 e. The first-order valence-corrected chi connectivity index (χ1v) is 8.91. The molecule has 5 heteroatoms. The van der Waals surface area contributed by atoms with E-state index in [2.05, 4.69) is 34.7 Å². The van der Waals surface area contributed by atoms with E-state index in [1.807, 2.05) is 31.6 Å². The molecule has 0 unspecified atom stereocenters. The number of carbonyl (C=O) groups excluding carboxylic acids is 1. The summed E-state index contributed by atoms with van der Waals surface area (Å²) in [5, 5.41) is 7.57. The van der Waals surface area contributed by atoms with Crippen LogP contribution >= 0.6 is 0 Å². The highest BCUT2D eigenvalue weighted by Crippen LogP contribution is 2.34. The zero-order valence-electron chi connectivity index (χ0n) is 15.3. The topological polar surface area (TPSA) is 56.2 Å². The van der Waals surface area contributed by atoms with Gasteiger partial charge in [0, 0.05) is 43.5 Å². The van der Waals surface area contributed by atoms with Crippen LogP contribution in [0.4, 0.5) is 0 Å². The summed E-state index contributed by atoms with van der Waals surface area (Å²) in [7, 11) is 1.91. The molecule has 1 aliphatic rings. The maximum absolute atomic E-state index is 12.6. The number of nitrogens with zero attached hydrogens (tertiary/aromatic N) is 2. The molecular formula is C20H27N3O2. The van der Waals surface area contributed by atoms with Crippen LogP contribution in [0.1, 0.15) is 35.4 Å². The highest BCUT2D eigenvalue weighted by atomic mass is 16.5. The van der Waals surface area contributed by atoms with E-state index in [-0.39, 0.29) is 11.3 Å². The Morgan fingerprint density at radius 3 is 2.52 bits per heavy atom. The third-order valence-corrected chi connectivity index (χ3v) is 5.46. The third kappa shape index (κ3) is 3.76. The summed E-state index contributed by atoms with van der Waals surface area (Å²) in [6.07, 6.45) is 2.25. The van der Waals surface area contributed by atoms with Crippen LogP contribution in [-0.2, 0) is 28.4 Å². The van der Waals surface area contributed by atoms with Crippen molar-refractivity contribution in [2.45, 2.75) is 38.5 Å². The molecule has 2 heterocycles. The number of aromatic nitrogens is 2. The number of hydrogen-bond acceptors (Lipinski definition) is 3. The number of carbonyl (C=O) groups is 1. The van der Waals surface area contributed by atoms with Crippen LogP contribution in [0.15, 0.2) is 30.3 Å². The molecule has 0 saturated carbocycles. The quantitative estimate of drug-likeness (QED) is 0.909. The molecule has 0 bridgehead atoms. The summed E-state index contributed by atoms with van der Waals surface area (Å²) in [5.41, 5.74) is 4.26. The van der Waals surface area contributed by atoms with Crippen molar-refractivity contribution in [1.29, 1.82) is 0 Å². The van der Waals surface area contributed by atoms with Crippen LogP contribution in [0.3, 0.4) is 0 Å². The van der Waals surface area contributed by atoms with Crippen molar-refractivity contribution in [1.82, 2.24) is 15.1 Å². The van der Waals surface area contributed by atoms with Crippen molar-refractivity contribution in [2.75, 3.05) is 19.8 Å². The second kappa shape index (κ2) is 7.40. The minimum atomic E-state index is -0.0335. The Kier molecular flexibility index (Phi) is 5.23. The van der Waals surface area contributed by atoms with Crippen molar-refractivity contribution < 1.29 is 9.53 Å². The van der Waals surface area contributed by atoms with E-state index in [1.54, 1.807) is 0 Å². The average molecular weight is 341 g/mol. The first kappa shape index (κ1) is 17.7. The van der Waals surface area contributed by atoms with Gasteiger partial charge in [-0.3, -0.25) is 9.48 Å². The first-order chi connectivity index (χ1) is 12.0. The van der Waals surface area contributed by atoms with Crippen molar-refractivity contribution in [3.05, 3.63) is 52.8 Å². The molecule has 0 spiro atoms.